The maximum Gasteiger partial charge on any atom is 0.249 e. The molecule has 54 valence electrons. The second-order valence-corrected chi connectivity index (χ2v) is 2.56. The van der Waals surface area contributed by atoms with E-state index in [1.165, 1.54) is 0 Å². The van der Waals surface area contributed by atoms with Crippen molar-refractivity contribution in [2.75, 3.05) is 5.32 Å². The first-order chi connectivity index (χ1) is 5.25. The highest BCUT2D eigenvalue weighted by atomic mass is 16.1. The topological polar surface area (TPSA) is 29.1 Å². The molecule has 0 fully saturated rings. The van der Waals surface area contributed by atoms with Crippen LogP contribution in [-0.2, 0) is 4.79 Å². The number of hydrogen-bond acceptors (Lipinski definition) is 1. The molecule has 0 bridgehead atoms. The van der Waals surface area contributed by atoms with E-state index < -0.39 is 0 Å². The summed E-state index contributed by atoms with van der Waals surface area (Å²) in [6.07, 6.45) is 1.58. The Kier molecular flexibility index (Phi) is 1.09. The van der Waals surface area contributed by atoms with E-state index in [1.54, 1.807) is 6.08 Å². The number of rotatable bonds is 0. The van der Waals surface area contributed by atoms with E-state index in [2.05, 4.69) is 11.9 Å². The molecule has 1 aromatic rings. The Labute approximate surface area is 63.9 Å². The molecule has 0 saturated heterocycles. The molecule has 1 amide bonds. The molecule has 0 radical (unpaired) electrons. The second-order valence-electron chi connectivity index (χ2n) is 2.56. The summed E-state index contributed by atoms with van der Waals surface area (Å²) in [6, 6.07) is 5.63. The van der Waals surface area contributed by atoms with Crippen molar-refractivity contribution in [1.29, 1.82) is 0 Å². The molecule has 0 spiro atoms. The SMILES string of the molecule is C=c1ccc2c(c1)NC(=O)C=2. The molecule has 2 nitrogen and oxygen atoms in total. The summed E-state index contributed by atoms with van der Waals surface area (Å²) in [4.78, 5) is 10.8. The van der Waals surface area contributed by atoms with Crippen LogP contribution in [0.25, 0.3) is 12.7 Å². The smallest absolute Gasteiger partial charge is 0.249 e. The number of nitrogens with one attached hydrogen (secondary N) is 1. The van der Waals surface area contributed by atoms with E-state index in [4.69, 9.17) is 0 Å². The van der Waals surface area contributed by atoms with E-state index >= 15 is 0 Å². The molecule has 0 unspecified atom stereocenters. The predicted molar refractivity (Wildman–Crippen MR) is 44.3 cm³/mol. The minimum absolute atomic E-state index is 0.0504. The third-order valence-electron chi connectivity index (χ3n) is 1.66. The van der Waals surface area contributed by atoms with Crippen LogP contribution in [0, 0.1) is 0 Å². The van der Waals surface area contributed by atoms with E-state index in [-0.39, 0.29) is 5.91 Å². The Balaban J connectivity index is 2.77. The fourth-order valence-electron chi connectivity index (χ4n) is 1.15. The molecule has 2 heteroatoms. The van der Waals surface area contributed by atoms with E-state index in [1.807, 2.05) is 18.2 Å². The zero-order valence-corrected chi connectivity index (χ0v) is 5.92. The molecule has 0 aliphatic carbocycles. The van der Waals surface area contributed by atoms with Crippen LogP contribution in [0.2, 0.25) is 0 Å². The molecular weight excluding hydrogens is 138 g/mol. The number of carbonyl (C=O) groups is 1. The monoisotopic (exact) mass is 145 g/mol. The lowest BCUT2D eigenvalue weighted by Gasteiger charge is -1.93. The minimum Gasteiger partial charge on any atom is -0.322 e. The Bertz CT molecular complexity index is 420. The number of anilines is 1. The number of hydrogen-bond donors (Lipinski definition) is 1. The maximum atomic E-state index is 10.8. The van der Waals surface area contributed by atoms with Gasteiger partial charge in [-0.05, 0) is 11.3 Å². The summed E-state index contributed by atoms with van der Waals surface area (Å²) in [5.74, 6) is -0.0504. The van der Waals surface area contributed by atoms with Gasteiger partial charge in [0.05, 0.1) is 0 Å². The average molecular weight is 145 g/mol. The van der Waals surface area contributed by atoms with Crippen LogP contribution in [-0.4, -0.2) is 5.91 Å². The minimum atomic E-state index is -0.0504. The van der Waals surface area contributed by atoms with Gasteiger partial charge < -0.3 is 5.32 Å². The van der Waals surface area contributed by atoms with Crippen molar-refractivity contribution in [2.45, 2.75) is 0 Å². The van der Waals surface area contributed by atoms with E-state index in [0.717, 1.165) is 16.1 Å². The fourth-order valence-corrected chi connectivity index (χ4v) is 1.15. The van der Waals surface area contributed by atoms with Gasteiger partial charge in [0, 0.05) is 17.0 Å². The first-order valence-corrected chi connectivity index (χ1v) is 3.37. The van der Waals surface area contributed by atoms with Crippen molar-refractivity contribution >= 4 is 24.2 Å². The maximum absolute atomic E-state index is 10.8. The normalized spacial score (nSPS) is 13.6. The molecule has 2 rings (SSSR count). The number of benzene rings is 1. The number of amides is 1. The van der Waals surface area contributed by atoms with Gasteiger partial charge in [0.15, 0.2) is 0 Å². The van der Waals surface area contributed by atoms with Crippen LogP contribution in [0.4, 0.5) is 5.69 Å². The zero-order valence-electron chi connectivity index (χ0n) is 5.92. The molecule has 1 aliphatic heterocycles. The highest BCUT2D eigenvalue weighted by molar-refractivity contribution is 6.16. The summed E-state index contributed by atoms with van der Waals surface area (Å²) in [6.45, 7) is 3.76. The van der Waals surface area contributed by atoms with Crippen LogP contribution in [0.1, 0.15) is 0 Å². The quantitative estimate of drug-likeness (QED) is 0.539. The predicted octanol–water partition coefficient (Wildman–Crippen LogP) is -0.171. The van der Waals surface area contributed by atoms with Crippen LogP contribution >= 0.6 is 0 Å². The average Bonchev–Trinajstić information content (AvgIpc) is 2.27. The third-order valence-corrected chi connectivity index (χ3v) is 1.66. The van der Waals surface area contributed by atoms with E-state index in [0.29, 0.717) is 0 Å². The van der Waals surface area contributed by atoms with Gasteiger partial charge in [0.25, 0.3) is 0 Å². The van der Waals surface area contributed by atoms with Crippen molar-refractivity contribution in [3.8, 4) is 0 Å². The van der Waals surface area contributed by atoms with Gasteiger partial charge in [0.2, 0.25) is 5.91 Å². The van der Waals surface area contributed by atoms with Gasteiger partial charge in [0.1, 0.15) is 0 Å². The summed E-state index contributed by atoms with van der Waals surface area (Å²) >= 11 is 0. The first-order valence-electron chi connectivity index (χ1n) is 3.37. The molecule has 0 atom stereocenters. The van der Waals surface area contributed by atoms with Gasteiger partial charge in [-0.25, -0.2) is 0 Å². The van der Waals surface area contributed by atoms with Crippen LogP contribution < -0.4 is 15.8 Å². The van der Waals surface area contributed by atoms with Gasteiger partial charge in [-0.2, -0.15) is 0 Å². The molecule has 0 aromatic heterocycles. The van der Waals surface area contributed by atoms with Gasteiger partial charge in [-0.1, -0.05) is 18.7 Å². The van der Waals surface area contributed by atoms with Gasteiger partial charge in [-0.3, -0.25) is 4.79 Å². The summed E-state index contributed by atoms with van der Waals surface area (Å²) < 4.78 is 0. The Morgan fingerprint density at radius 2 is 2.18 bits per heavy atom. The lowest BCUT2D eigenvalue weighted by Crippen LogP contribution is -2.08. The highest BCUT2D eigenvalue weighted by Gasteiger charge is 2.06. The Hall–Kier alpha value is -1.57. The molecule has 1 aromatic carbocycles. The molecule has 0 saturated carbocycles. The van der Waals surface area contributed by atoms with Crippen LogP contribution in [0.3, 0.4) is 0 Å². The molecular formula is C9H7NO. The second kappa shape index (κ2) is 1.95. The van der Waals surface area contributed by atoms with Crippen LogP contribution in [0.5, 0.6) is 0 Å². The van der Waals surface area contributed by atoms with E-state index in [9.17, 15) is 4.79 Å². The van der Waals surface area contributed by atoms with Crippen molar-refractivity contribution in [3.05, 3.63) is 28.6 Å². The molecule has 1 heterocycles. The number of fused-ring (bicyclic) bond motifs is 1. The molecule has 1 N–H and O–H groups in total. The Morgan fingerprint density at radius 1 is 1.36 bits per heavy atom. The van der Waals surface area contributed by atoms with Crippen molar-refractivity contribution < 1.29 is 4.79 Å². The van der Waals surface area contributed by atoms with Crippen molar-refractivity contribution in [1.82, 2.24) is 0 Å². The highest BCUT2D eigenvalue weighted by Crippen LogP contribution is 2.00. The lowest BCUT2D eigenvalue weighted by molar-refractivity contribution is -0.110. The van der Waals surface area contributed by atoms with Gasteiger partial charge >= 0.3 is 0 Å². The Morgan fingerprint density at radius 3 is 3.00 bits per heavy atom. The van der Waals surface area contributed by atoms with Crippen molar-refractivity contribution in [2.24, 2.45) is 0 Å². The lowest BCUT2D eigenvalue weighted by atomic mass is 10.2. The summed E-state index contributed by atoms with van der Waals surface area (Å²) in [5.41, 5.74) is 0.863. The first kappa shape index (κ1) is 6.16. The standard InChI is InChI=1S/C9H7NO/c1-6-2-3-7-5-9(11)10-8(7)4-6/h2-5H,1H2,(H,10,11). The summed E-state index contributed by atoms with van der Waals surface area (Å²) in [5, 5.41) is 4.57. The largest absolute Gasteiger partial charge is 0.322 e. The number of carbonyl (C=O) groups excluding carboxylic acids is 1. The third kappa shape index (κ3) is 0.923. The van der Waals surface area contributed by atoms with Crippen molar-refractivity contribution in [3.63, 3.8) is 0 Å². The van der Waals surface area contributed by atoms with Gasteiger partial charge in [-0.15, -0.1) is 0 Å². The molecule has 1 aliphatic rings. The zero-order chi connectivity index (χ0) is 7.84. The molecule has 11 heavy (non-hydrogen) atoms. The van der Waals surface area contributed by atoms with Crippen LogP contribution in [0.15, 0.2) is 18.2 Å². The fraction of sp³-hybridized carbons (Fsp3) is 0. The summed E-state index contributed by atoms with van der Waals surface area (Å²) in [7, 11) is 0.